The molecule has 6 nitrogen and oxygen atoms in total. The van der Waals surface area contributed by atoms with E-state index in [1.807, 2.05) is 86.6 Å². The highest BCUT2D eigenvalue weighted by atomic mass is 31.2. The minimum atomic E-state index is -3.50. The number of hydroxylamine groups is 2. The predicted molar refractivity (Wildman–Crippen MR) is 122 cm³/mol. The molecule has 30 heavy (non-hydrogen) atoms. The fraction of sp³-hybridized carbons (Fsp3) is 0.739. The molecule has 174 valence electrons. The lowest BCUT2D eigenvalue weighted by molar-refractivity contribution is -0.264. The maximum atomic E-state index is 13.9. The van der Waals surface area contributed by atoms with Crippen LogP contribution in [0.2, 0.25) is 0 Å². The molecule has 1 rings (SSSR count). The van der Waals surface area contributed by atoms with Gasteiger partial charge in [0.15, 0.2) is 0 Å². The summed E-state index contributed by atoms with van der Waals surface area (Å²) in [6.07, 6.45) is -0.816. The van der Waals surface area contributed by atoms with E-state index in [0.717, 1.165) is 11.1 Å². The Morgan fingerprint density at radius 3 is 1.70 bits per heavy atom. The van der Waals surface area contributed by atoms with E-state index >= 15 is 0 Å². The number of nitrogens with zero attached hydrogens (tertiary/aromatic N) is 1. The molecule has 0 aromatic heterocycles. The third-order valence-corrected chi connectivity index (χ3v) is 7.56. The van der Waals surface area contributed by atoms with Crippen molar-refractivity contribution in [3.63, 3.8) is 0 Å². The highest BCUT2D eigenvalue weighted by Gasteiger charge is 2.51. The molecule has 3 atom stereocenters. The summed E-state index contributed by atoms with van der Waals surface area (Å²) in [6.45, 7) is 20.1. The van der Waals surface area contributed by atoms with Crippen LogP contribution in [0, 0.1) is 5.41 Å². The van der Waals surface area contributed by atoms with Crippen molar-refractivity contribution < 1.29 is 23.6 Å². The third kappa shape index (κ3) is 7.15. The van der Waals surface area contributed by atoms with E-state index in [0.29, 0.717) is 0 Å². The van der Waals surface area contributed by atoms with Crippen LogP contribution in [0.1, 0.15) is 92.6 Å². The van der Waals surface area contributed by atoms with E-state index in [1.165, 1.54) is 0 Å². The van der Waals surface area contributed by atoms with Gasteiger partial charge in [-0.1, -0.05) is 45.0 Å². The summed E-state index contributed by atoms with van der Waals surface area (Å²) < 4.78 is 25.4. The van der Waals surface area contributed by atoms with Gasteiger partial charge in [-0.25, -0.2) is 0 Å². The van der Waals surface area contributed by atoms with Gasteiger partial charge in [0.05, 0.1) is 19.3 Å². The maximum Gasteiger partial charge on any atom is 0.350 e. The topological polar surface area (TPSA) is 68.2 Å². The molecule has 0 aliphatic heterocycles. The molecule has 7 heteroatoms. The minimum Gasteiger partial charge on any atom is -0.389 e. The van der Waals surface area contributed by atoms with E-state index in [1.54, 1.807) is 12.0 Å². The van der Waals surface area contributed by atoms with Gasteiger partial charge < -0.3 is 14.2 Å². The molecule has 0 saturated heterocycles. The van der Waals surface area contributed by atoms with E-state index < -0.39 is 30.4 Å². The molecule has 1 N–H and O–H groups in total. The molecule has 0 amide bonds. The highest BCUT2D eigenvalue weighted by Crippen LogP contribution is 2.61. The van der Waals surface area contributed by atoms with Crippen LogP contribution in [0.4, 0.5) is 0 Å². The van der Waals surface area contributed by atoms with Crippen LogP contribution >= 0.6 is 7.60 Å². The fourth-order valence-electron chi connectivity index (χ4n) is 3.35. The van der Waals surface area contributed by atoms with E-state index in [-0.39, 0.29) is 19.3 Å². The van der Waals surface area contributed by atoms with Crippen molar-refractivity contribution in [2.45, 2.75) is 92.8 Å². The Hall–Kier alpha value is -0.750. The van der Waals surface area contributed by atoms with E-state index in [4.69, 9.17) is 13.9 Å². The summed E-state index contributed by atoms with van der Waals surface area (Å²) in [5, 5.41) is 11.6. The van der Waals surface area contributed by atoms with Crippen molar-refractivity contribution in [3.8, 4) is 0 Å². The first-order chi connectivity index (χ1) is 13.7. The first-order valence-corrected chi connectivity index (χ1v) is 12.4. The Morgan fingerprint density at radius 1 is 0.933 bits per heavy atom. The van der Waals surface area contributed by atoms with Crippen molar-refractivity contribution in [3.05, 3.63) is 35.4 Å². The number of rotatable bonds is 10. The summed E-state index contributed by atoms with van der Waals surface area (Å²) in [6, 6.07) is 7.69. The Balaban J connectivity index is 3.37. The lowest BCUT2D eigenvalue weighted by Gasteiger charge is -2.48. The standard InChI is InChI=1S/C23H42NO5P/c1-11-27-30(26,28-12-2)21(22(5,6)7)24(23(8,9)10)29-18(4)20-15-13-19(14-16-20)17(3)25/h13-18,21,25H,11-12H2,1-10H3. The van der Waals surface area contributed by atoms with Crippen molar-refractivity contribution in [1.82, 2.24) is 5.06 Å². The van der Waals surface area contributed by atoms with Crippen LogP contribution in [0.15, 0.2) is 24.3 Å². The lowest BCUT2D eigenvalue weighted by Crippen LogP contribution is -2.53. The van der Waals surface area contributed by atoms with Crippen molar-refractivity contribution in [1.29, 1.82) is 0 Å². The van der Waals surface area contributed by atoms with Crippen LogP contribution in [0.3, 0.4) is 0 Å². The number of benzene rings is 1. The van der Waals surface area contributed by atoms with Crippen molar-refractivity contribution in [2.75, 3.05) is 13.2 Å². The SMILES string of the molecule is CCOP(=O)(OCC)C(N(OC(C)c1ccc(C(C)O)cc1)C(C)(C)C)C(C)(C)C. The van der Waals surface area contributed by atoms with Crippen LogP contribution in [-0.4, -0.2) is 34.7 Å². The summed E-state index contributed by atoms with van der Waals surface area (Å²) >= 11 is 0. The fourth-order valence-corrected chi connectivity index (χ4v) is 6.04. The molecule has 0 aliphatic rings. The average Bonchev–Trinajstić information content (AvgIpc) is 2.59. The average molecular weight is 444 g/mol. The van der Waals surface area contributed by atoms with Gasteiger partial charge in [0, 0.05) is 5.54 Å². The molecule has 3 unspecified atom stereocenters. The molecular formula is C23H42NO5P. The third-order valence-electron chi connectivity index (χ3n) is 4.74. The lowest BCUT2D eigenvalue weighted by atomic mass is 9.94. The van der Waals surface area contributed by atoms with Crippen molar-refractivity contribution in [2.24, 2.45) is 5.41 Å². The molecule has 0 aliphatic carbocycles. The summed E-state index contributed by atoms with van der Waals surface area (Å²) in [4.78, 5) is 6.47. The molecule has 1 aromatic rings. The second-order valence-corrected chi connectivity index (χ2v) is 11.8. The van der Waals surface area contributed by atoms with E-state index in [9.17, 15) is 9.67 Å². The Bertz CT molecular complexity index is 681. The normalized spacial score (nSPS) is 16.5. The monoisotopic (exact) mass is 443 g/mol. The Morgan fingerprint density at radius 2 is 1.37 bits per heavy atom. The minimum absolute atomic E-state index is 0.290. The van der Waals surface area contributed by atoms with E-state index in [2.05, 4.69) is 0 Å². The van der Waals surface area contributed by atoms with Gasteiger partial charge in [-0.05, 0) is 65.0 Å². The zero-order chi connectivity index (χ0) is 23.3. The Labute approximate surface area is 183 Å². The Kier molecular flexibility index (Phi) is 9.74. The molecule has 0 saturated carbocycles. The quantitative estimate of drug-likeness (QED) is 0.330. The molecule has 0 spiro atoms. The molecule has 1 aromatic carbocycles. The number of hydrogen-bond donors (Lipinski definition) is 1. The molecule has 0 bridgehead atoms. The summed E-state index contributed by atoms with van der Waals surface area (Å²) in [5.74, 6) is -0.607. The van der Waals surface area contributed by atoms with Gasteiger partial charge in [-0.2, -0.15) is 5.06 Å². The van der Waals surface area contributed by atoms with Crippen LogP contribution < -0.4 is 0 Å². The first kappa shape index (κ1) is 27.3. The van der Waals surface area contributed by atoms with Crippen molar-refractivity contribution >= 4 is 7.60 Å². The first-order valence-electron chi connectivity index (χ1n) is 10.8. The van der Waals surface area contributed by atoms with Gasteiger partial charge >= 0.3 is 7.60 Å². The van der Waals surface area contributed by atoms with Gasteiger partial charge in [0.2, 0.25) is 0 Å². The molecule has 0 heterocycles. The molecular weight excluding hydrogens is 401 g/mol. The van der Waals surface area contributed by atoms with Gasteiger partial charge in [-0.15, -0.1) is 0 Å². The summed E-state index contributed by atoms with van der Waals surface area (Å²) in [7, 11) is -3.50. The number of hydrogen-bond acceptors (Lipinski definition) is 6. The molecule has 0 fully saturated rings. The summed E-state index contributed by atoms with van der Waals surface area (Å²) in [5.41, 5.74) is 0.908. The number of aliphatic hydroxyl groups is 1. The zero-order valence-corrected chi connectivity index (χ0v) is 21.3. The largest absolute Gasteiger partial charge is 0.389 e. The van der Waals surface area contributed by atoms with Gasteiger partial charge in [-0.3, -0.25) is 9.40 Å². The number of aliphatic hydroxyl groups excluding tert-OH is 1. The van der Waals surface area contributed by atoms with Crippen LogP contribution in [0.25, 0.3) is 0 Å². The smallest absolute Gasteiger partial charge is 0.350 e. The molecule has 0 radical (unpaired) electrons. The second-order valence-electron chi connectivity index (χ2n) is 9.70. The predicted octanol–water partition coefficient (Wildman–Crippen LogP) is 6.47. The zero-order valence-electron chi connectivity index (χ0n) is 20.4. The second kappa shape index (κ2) is 10.7. The highest BCUT2D eigenvalue weighted by molar-refractivity contribution is 7.54. The van der Waals surface area contributed by atoms with Crippen LogP contribution in [-0.2, 0) is 18.5 Å². The van der Waals surface area contributed by atoms with Gasteiger partial charge in [0.25, 0.3) is 0 Å². The van der Waals surface area contributed by atoms with Gasteiger partial charge in [0.1, 0.15) is 11.9 Å². The van der Waals surface area contributed by atoms with Crippen LogP contribution in [0.5, 0.6) is 0 Å². The maximum absolute atomic E-state index is 13.9.